The van der Waals surface area contributed by atoms with Crippen molar-refractivity contribution in [3.63, 3.8) is 0 Å². The average molecular weight is 268 g/mol. The number of fused-ring (bicyclic) bond motifs is 2. The quantitative estimate of drug-likeness (QED) is 0.582. The molecular weight excluding hydrogens is 244 g/mol. The van der Waals surface area contributed by atoms with Crippen molar-refractivity contribution in [1.29, 1.82) is 0 Å². The van der Waals surface area contributed by atoms with Crippen LogP contribution >= 0.6 is 0 Å². The maximum absolute atomic E-state index is 11.8. The molecule has 0 unspecified atom stereocenters. The normalized spacial score (nSPS) is 38.0. The van der Waals surface area contributed by atoms with Gasteiger partial charge in [-0.15, -0.1) is 6.58 Å². The van der Waals surface area contributed by atoms with Crippen molar-refractivity contribution in [2.24, 2.45) is 11.3 Å². The number of ether oxygens (including phenoxy) is 3. The van der Waals surface area contributed by atoms with Gasteiger partial charge in [0, 0.05) is 12.3 Å². The van der Waals surface area contributed by atoms with Crippen molar-refractivity contribution in [2.45, 2.75) is 58.5 Å². The van der Waals surface area contributed by atoms with Crippen LogP contribution in [0.25, 0.3) is 0 Å². The van der Waals surface area contributed by atoms with Gasteiger partial charge in [-0.2, -0.15) is 0 Å². The Kier molecular flexibility index (Phi) is 4.02. The Morgan fingerprint density at radius 1 is 1.37 bits per heavy atom. The van der Waals surface area contributed by atoms with Gasteiger partial charge in [-0.05, 0) is 20.8 Å². The van der Waals surface area contributed by atoms with E-state index in [1.165, 1.54) is 0 Å². The lowest BCUT2D eigenvalue weighted by molar-refractivity contribution is -0.158. The number of esters is 1. The Balaban J connectivity index is 1.91. The van der Waals surface area contributed by atoms with E-state index in [9.17, 15) is 4.79 Å². The molecule has 0 saturated carbocycles. The first kappa shape index (κ1) is 14.5. The number of carbonyl (C=O) groups excluding carboxylic acids is 1. The summed E-state index contributed by atoms with van der Waals surface area (Å²) in [5.74, 6) is 0.0999. The predicted octanol–water partition coefficient (Wildman–Crippen LogP) is 2.32. The minimum atomic E-state index is -0.481. The zero-order chi connectivity index (χ0) is 14.2. The lowest BCUT2D eigenvalue weighted by Gasteiger charge is -2.31. The van der Waals surface area contributed by atoms with Crippen molar-refractivity contribution >= 4 is 5.97 Å². The number of carbonyl (C=O) groups is 1. The molecule has 2 heterocycles. The van der Waals surface area contributed by atoms with Crippen molar-refractivity contribution in [1.82, 2.24) is 0 Å². The standard InChI is InChI=1S/C15H24O4/c1-6-10-9(2)11-7-12(18-10)13(19-11)8-17-14(16)15(3,4)5/h6,9-13H,1,7-8H2,2-5H3/t9-,10-,11+,12+,13+/m0/s1. The summed E-state index contributed by atoms with van der Waals surface area (Å²) >= 11 is 0. The second-order valence-electron chi connectivity index (χ2n) is 6.53. The molecule has 2 saturated heterocycles. The summed E-state index contributed by atoms with van der Waals surface area (Å²) in [6.45, 7) is 11.7. The first-order valence-corrected chi connectivity index (χ1v) is 6.93. The van der Waals surface area contributed by atoms with Gasteiger partial charge in [0.15, 0.2) is 0 Å². The van der Waals surface area contributed by atoms with Crippen molar-refractivity contribution in [3.05, 3.63) is 12.7 Å². The molecule has 2 aliphatic rings. The zero-order valence-electron chi connectivity index (χ0n) is 12.2. The summed E-state index contributed by atoms with van der Waals surface area (Å²) in [5.41, 5.74) is -0.481. The van der Waals surface area contributed by atoms with Crippen LogP contribution in [0.2, 0.25) is 0 Å². The van der Waals surface area contributed by atoms with Gasteiger partial charge in [0.05, 0.1) is 23.7 Å². The average Bonchev–Trinajstić information content (AvgIpc) is 2.68. The molecule has 4 heteroatoms. The molecule has 108 valence electrons. The van der Waals surface area contributed by atoms with Crippen molar-refractivity contribution < 1.29 is 19.0 Å². The highest BCUT2D eigenvalue weighted by Gasteiger charge is 2.46. The highest BCUT2D eigenvalue weighted by molar-refractivity contribution is 5.75. The lowest BCUT2D eigenvalue weighted by atomic mass is 9.91. The summed E-state index contributed by atoms with van der Waals surface area (Å²) in [7, 11) is 0. The highest BCUT2D eigenvalue weighted by Crippen LogP contribution is 2.37. The van der Waals surface area contributed by atoms with E-state index in [1.54, 1.807) is 0 Å². The molecule has 0 spiro atoms. The fourth-order valence-electron chi connectivity index (χ4n) is 2.56. The minimum Gasteiger partial charge on any atom is -0.462 e. The molecule has 0 aromatic carbocycles. The Labute approximate surface area is 115 Å². The van der Waals surface area contributed by atoms with Gasteiger partial charge >= 0.3 is 5.97 Å². The first-order valence-electron chi connectivity index (χ1n) is 6.93. The topological polar surface area (TPSA) is 44.8 Å². The van der Waals surface area contributed by atoms with Crippen LogP contribution in [0.4, 0.5) is 0 Å². The van der Waals surface area contributed by atoms with Crippen LogP contribution in [-0.4, -0.2) is 37.0 Å². The molecule has 0 aromatic heterocycles. The largest absolute Gasteiger partial charge is 0.462 e. The van der Waals surface area contributed by atoms with E-state index in [4.69, 9.17) is 14.2 Å². The Morgan fingerprint density at radius 3 is 2.63 bits per heavy atom. The second-order valence-corrected chi connectivity index (χ2v) is 6.53. The first-order chi connectivity index (χ1) is 8.82. The third kappa shape index (κ3) is 3.00. The van der Waals surface area contributed by atoms with E-state index in [1.807, 2.05) is 26.8 Å². The van der Waals surface area contributed by atoms with E-state index in [-0.39, 0.29) is 37.0 Å². The van der Waals surface area contributed by atoms with Crippen LogP contribution in [0.3, 0.4) is 0 Å². The zero-order valence-corrected chi connectivity index (χ0v) is 12.2. The second kappa shape index (κ2) is 5.25. The monoisotopic (exact) mass is 268 g/mol. The lowest BCUT2D eigenvalue weighted by Crippen LogP contribution is -2.38. The van der Waals surface area contributed by atoms with Crippen LogP contribution < -0.4 is 0 Å². The summed E-state index contributed by atoms with van der Waals surface area (Å²) in [6, 6.07) is 0. The third-order valence-electron chi connectivity index (χ3n) is 3.89. The molecule has 0 radical (unpaired) electrons. The smallest absolute Gasteiger partial charge is 0.311 e. The summed E-state index contributed by atoms with van der Waals surface area (Å²) in [5, 5.41) is 0. The minimum absolute atomic E-state index is 0.0111. The molecule has 0 N–H and O–H groups in total. The fraction of sp³-hybridized carbons (Fsp3) is 0.800. The van der Waals surface area contributed by atoms with Gasteiger partial charge in [0.1, 0.15) is 12.7 Å². The van der Waals surface area contributed by atoms with E-state index in [0.717, 1.165) is 6.42 Å². The molecule has 4 nitrogen and oxygen atoms in total. The van der Waals surface area contributed by atoms with E-state index in [2.05, 4.69) is 13.5 Å². The predicted molar refractivity (Wildman–Crippen MR) is 71.7 cm³/mol. The van der Waals surface area contributed by atoms with Crippen LogP contribution in [0.1, 0.15) is 34.1 Å². The van der Waals surface area contributed by atoms with Crippen LogP contribution in [0.5, 0.6) is 0 Å². The molecule has 0 amide bonds. The Hall–Kier alpha value is -0.870. The van der Waals surface area contributed by atoms with E-state index < -0.39 is 5.41 Å². The summed E-state index contributed by atoms with van der Waals surface area (Å²) in [6.07, 6.45) is 2.78. The van der Waals surface area contributed by atoms with Crippen molar-refractivity contribution in [2.75, 3.05) is 6.61 Å². The van der Waals surface area contributed by atoms with Gasteiger partial charge < -0.3 is 14.2 Å². The molecule has 19 heavy (non-hydrogen) atoms. The van der Waals surface area contributed by atoms with Crippen LogP contribution in [0, 0.1) is 11.3 Å². The molecule has 0 aliphatic carbocycles. The Morgan fingerprint density at radius 2 is 2.05 bits per heavy atom. The number of hydrogen-bond donors (Lipinski definition) is 0. The van der Waals surface area contributed by atoms with Crippen LogP contribution in [0.15, 0.2) is 12.7 Å². The summed E-state index contributed by atoms with van der Waals surface area (Å²) < 4.78 is 17.2. The molecule has 2 bridgehead atoms. The van der Waals surface area contributed by atoms with Gasteiger partial charge in [-0.25, -0.2) is 0 Å². The summed E-state index contributed by atoms with van der Waals surface area (Å²) in [4.78, 5) is 11.8. The molecule has 2 aliphatic heterocycles. The maximum Gasteiger partial charge on any atom is 0.311 e. The van der Waals surface area contributed by atoms with Gasteiger partial charge in [-0.1, -0.05) is 13.0 Å². The SMILES string of the molecule is C=C[C@@H]1O[C@@H]2C[C@@H](O[C@@H]2COC(=O)C(C)(C)C)[C@H]1C. The fourth-order valence-corrected chi connectivity index (χ4v) is 2.56. The van der Waals surface area contributed by atoms with Crippen LogP contribution in [-0.2, 0) is 19.0 Å². The maximum atomic E-state index is 11.8. The molecule has 2 fully saturated rings. The van der Waals surface area contributed by atoms with Gasteiger partial charge in [-0.3, -0.25) is 4.79 Å². The van der Waals surface area contributed by atoms with E-state index >= 15 is 0 Å². The number of rotatable bonds is 3. The molecule has 0 aromatic rings. The molecule has 2 rings (SSSR count). The number of hydrogen-bond acceptors (Lipinski definition) is 4. The van der Waals surface area contributed by atoms with E-state index in [0.29, 0.717) is 5.92 Å². The van der Waals surface area contributed by atoms with Gasteiger partial charge in [0.2, 0.25) is 0 Å². The van der Waals surface area contributed by atoms with Gasteiger partial charge in [0.25, 0.3) is 0 Å². The molecule has 5 atom stereocenters. The molecular formula is C15H24O4. The Bertz CT molecular complexity index is 358. The van der Waals surface area contributed by atoms with Crippen molar-refractivity contribution in [3.8, 4) is 0 Å². The highest BCUT2D eigenvalue weighted by atomic mass is 16.6. The third-order valence-corrected chi connectivity index (χ3v) is 3.89.